The van der Waals surface area contributed by atoms with Crippen LogP contribution in [-0.2, 0) is 0 Å². The Hall–Kier alpha value is -0.0800. The Bertz CT molecular complexity index is 82.3. The van der Waals surface area contributed by atoms with Gasteiger partial charge in [0.2, 0.25) is 0 Å². The van der Waals surface area contributed by atoms with Crippen molar-refractivity contribution in [1.82, 2.24) is 10.6 Å². The minimum Gasteiger partial charge on any atom is -0.317 e. The summed E-state index contributed by atoms with van der Waals surface area (Å²) in [6.07, 6.45) is 8.07. The molecule has 0 saturated carbocycles. The third kappa shape index (κ3) is 11.9. The molecule has 0 spiro atoms. The minimum atomic E-state index is 1.10. The normalized spacial score (nSPS) is 10.7. The Balaban J connectivity index is 2.78. The monoisotopic (exact) mass is 200 g/mol. The molecule has 0 bridgehead atoms. The molecule has 0 atom stereocenters. The first-order chi connectivity index (χ1) is 6.91. The maximum Gasteiger partial charge on any atom is -0.00484 e. The van der Waals surface area contributed by atoms with Crippen molar-refractivity contribution >= 4 is 0 Å². The fraction of sp³-hybridized carbons (Fsp3) is 1.00. The average molecular weight is 200 g/mol. The third-order valence-electron chi connectivity index (χ3n) is 2.41. The van der Waals surface area contributed by atoms with E-state index in [1.165, 1.54) is 58.2 Å². The molecule has 0 aromatic carbocycles. The van der Waals surface area contributed by atoms with E-state index in [9.17, 15) is 0 Å². The molecule has 14 heavy (non-hydrogen) atoms. The topological polar surface area (TPSA) is 24.1 Å². The molecule has 2 nitrogen and oxygen atoms in total. The van der Waals surface area contributed by atoms with Gasteiger partial charge in [-0.25, -0.2) is 0 Å². The molecule has 0 aromatic heterocycles. The molecule has 0 fully saturated rings. The summed E-state index contributed by atoms with van der Waals surface area (Å²) < 4.78 is 0. The second-order valence-corrected chi connectivity index (χ2v) is 3.87. The Morgan fingerprint density at radius 3 is 1.79 bits per heavy atom. The number of nitrogens with one attached hydrogen (secondary N) is 2. The fourth-order valence-electron chi connectivity index (χ4n) is 1.48. The van der Waals surface area contributed by atoms with E-state index < -0.39 is 0 Å². The zero-order valence-electron chi connectivity index (χ0n) is 10.1. The maximum atomic E-state index is 3.49. The first-order valence-electron chi connectivity index (χ1n) is 6.33. The van der Waals surface area contributed by atoms with E-state index in [1.807, 2.05) is 0 Å². The zero-order valence-corrected chi connectivity index (χ0v) is 10.1. The lowest BCUT2D eigenvalue weighted by atomic mass is 10.2. The van der Waals surface area contributed by atoms with Crippen molar-refractivity contribution in [3.63, 3.8) is 0 Å². The summed E-state index contributed by atoms with van der Waals surface area (Å²) in [5.74, 6) is 0. The molecule has 0 aliphatic carbocycles. The van der Waals surface area contributed by atoms with Gasteiger partial charge in [-0.05, 0) is 45.4 Å². The quantitative estimate of drug-likeness (QED) is 0.501. The van der Waals surface area contributed by atoms with Crippen LogP contribution in [-0.4, -0.2) is 26.2 Å². The highest BCUT2D eigenvalue weighted by molar-refractivity contribution is 4.51. The second kappa shape index (κ2) is 12.9. The van der Waals surface area contributed by atoms with Gasteiger partial charge in [0.15, 0.2) is 0 Å². The highest BCUT2D eigenvalue weighted by Crippen LogP contribution is 1.96. The largest absolute Gasteiger partial charge is 0.317 e. The average Bonchev–Trinajstić information content (AvgIpc) is 2.21. The number of rotatable bonds is 11. The number of hydrogen-bond donors (Lipinski definition) is 2. The summed E-state index contributed by atoms with van der Waals surface area (Å²) in [7, 11) is 0. The molecule has 86 valence electrons. The third-order valence-corrected chi connectivity index (χ3v) is 2.41. The van der Waals surface area contributed by atoms with Crippen LogP contribution in [0.15, 0.2) is 0 Å². The first kappa shape index (κ1) is 13.9. The Morgan fingerprint density at radius 1 is 0.643 bits per heavy atom. The van der Waals surface area contributed by atoms with Gasteiger partial charge in [-0.3, -0.25) is 0 Å². The van der Waals surface area contributed by atoms with Gasteiger partial charge in [-0.15, -0.1) is 0 Å². The standard InChI is InChI=1S/C12H28N2/c1-3-5-6-7-11-14-12-9-8-10-13-4-2/h13-14H,3-12H2,1-2H3. The Kier molecular flexibility index (Phi) is 12.8. The van der Waals surface area contributed by atoms with Crippen molar-refractivity contribution < 1.29 is 0 Å². The van der Waals surface area contributed by atoms with E-state index in [-0.39, 0.29) is 0 Å². The van der Waals surface area contributed by atoms with Crippen LogP contribution in [0.2, 0.25) is 0 Å². The van der Waals surface area contributed by atoms with E-state index in [0.29, 0.717) is 0 Å². The van der Waals surface area contributed by atoms with Crippen LogP contribution < -0.4 is 10.6 Å². The van der Waals surface area contributed by atoms with Crippen molar-refractivity contribution in [2.45, 2.75) is 52.4 Å². The van der Waals surface area contributed by atoms with E-state index in [2.05, 4.69) is 24.5 Å². The molecular weight excluding hydrogens is 172 g/mol. The van der Waals surface area contributed by atoms with E-state index in [4.69, 9.17) is 0 Å². The van der Waals surface area contributed by atoms with Crippen LogP contribution >= 0.6 is 0 Å². The van der Waals surface area contributed by atoms with Gasteiger partial charge in [-0.2, -0.15) is 0 Å². The minimum absolute atomic E-state index is 1.10. The summed E-state index contributed by atoms with van der Waals surface area (Å²) in [4.78, 5) is 0. The van der Waals surface area contributed by atoms with E-state index >= 15 is 0 Å². The van der Waals surface area contributed by atoms with Crippen LogP contribution in [0, 0.1) is 0 Å². The summed E-state index contributed by atoms with van der Waals surface area (Å²) in [5.41, 5.74) is 0. The number of hydrogen-bond acceptors (Lipinski definition) is 2. The predicted octanol–water partition coefficient (Wildman–Crippen LogP) is 2.55. The lowest BCUT2D eigenvalue weighted by Crippen LogP contribution is -2.19. The van der Waals surface area contributed by atoms with Crippen LogP contribution in [0.4, 0.5) is 0 Å². The molecule has 0 radical (unpaired) electrons. The number of unbranched alkanes of at least 4 members (excludes halogenated alkanes) is 4. The van der Waals surface area contributed by atoms with Gasteiger partial charge < -0.3 is 10.6 Å². The SMILES string of the molecule is CCCCCCNCCCCNCC. The first-order valence-corrected chi connectivity index (χ1v) is 6.33. The summed E-state index contributed by atoms with van der Waals surface area (Å²) in [6, 6.07) is 0. The van der Waals surface area contributed by atoms with Crippen LogP contribution in [0.5, 0.6) is 0 Å². The van der Waals surface area contributed by atoms with Gasteiger partial charge in [0.1, 0.15) is 0 Å². The Labute approximate surface area is 89.9 Å². The molecule has 0 saturated heterocycles. The zero-order chi connectivity index (χ0) is 10.5. The smallest absolute Gasteiger partial charge is 0.00484 e. The van der Waals surface area contributed by atoms with Crippen molar-refractivity contribution in [3.05, 3.63) is 0 Å². The second-order valence-electron chi connectivity index (χ2n) is 3.87. The maximum absolute atomic E-state index is 3.49. The van der Waals surface area contributed by atoms with Gasteiger partial charge in [-0.1, -0.05) is 33.1 Å². The highest BCUT2D eigenvalue weighted by atomic mass is 14.9. The van der Waals surface area contributed by atoms with Crippen molar-refractivity contribution in [2.75, 3.05) is 26.2 Å². The molecule has 2 heteroatoms. The molecule has 0 amide bonds. The molecule has 0 aliphatic rings. The van der Waals surface area contributed by atoms with Gasteiger partial charge in [0.05, 0.1) is 0 Å². The van der Waals surface area contributed by atoms with Crippen LogP contribution in [0.3, 0.4) is 0 Å². The van der Waals surface area contributed by atoms with Crippen molar-refractivity contribution in [1.29, 1.82) is 0 Å². The summed E-state index contributed by atoms with van der Waals surface area (Å²) in [6.45, 7) is 9.09. The lowest BCUT2D eigenvalue weighted by Gasteiger charge is -2.04. The lowest BCUT2D eigenvalue weighted by molar-refractivity contribution is 0.562. The summed E-state index contributed by atoms with van der Waals surface area (Å²) >= 11 is 0. The predicted molar refractivity (Wildman–Crippen MR) is 64.8 cm³/mol. The fourth-order valence-corrected chi connectivity index (χ4v) is 1.48. The van der Waals surface area contributed by atoms with Gasteiger partial charge >= 0.3 is 0 Å². The van der Waals surface area contributed by atoms with Crippen LogP contribution in [0.25, 0.3) is 0 Å². The van der Waals surface area contributed by atoms with E-state index in [0.717, 1.165) is 6.54 Å². The molecule has 0 aliphatic heterocycles. The van der Waals surface area contributed by atoms with Crippen molar-refractivity contribution in [2.24, 2.45) is 0 Å². The van der Waals surface area contributed by atoms with Gasteiger partial charge in [0, 0.05) is 0 Å². The molecular formula is C12H28N2. The molecule has 2 N–H and O–H groups in total. The molecule has 0 rings (SSSR count). The van der Waals surface area contributed by atoms with Crippen LogP contribution in [0.1, 0.15) is 52.4 Å². The van der Waals surface area contributed by atoms with Gasteiger partial charge in [0.25, 0.3) is 0 Å². The molecule has 0 heterocycles. The molecule has 0 unspecified atom stereocenters. The highest BCUT2D eigenvalue weighted by Gasteiger charge is 1.89. The summed E-state index contributed by atoms with van der Waals surface area (Å²) in [5, 5.41) is 6.83. The van der Waals surface area contributed by atoms with E-state index in [1.54, 1.807) is 0 Å². The molecule has 0 aromatic rings. The Morgan fingerprint density at radius 2 is 1.21 bits per heavy atom. The van der Waals surface area contributed by atoms with Crippen molar-refractivity contribution in [3.8, 4) is 0 Å².